The van der Waals surface area contributed by atoms with Gasteiger partial charge in [-0.05, 0) is 44.5 Å². The van der Waals surface area contributed by atoms with E-state index < -0.39 is 0 Å². The molecule has 0 spiro atoms. The molecule has 0 fully saturated rings. The highest BCUT2D eigenvalue weighted by Crippen LogP contribution is 2.18. The van der Waals surface area contributed by atoms with Gasteiger partial charge in [-0.2, -0.15) is 0 Å². The van der Waals surface area contributed by atoms with E-state index in [9.17, 15) is 4.79 Å². The summed E-state index contributed by atoms with van der Waals surface area (Å²) < 4.78 is 5.21. The number of ether oxygens (including phenoxy) is 1. The van der Waals surface area contributed by atoms with Gasteiger partial charge in [0.05, 0.1) is 12.1 Å². The van der Waals surface area contributed by atoms with Crippen molar-refractivity contribution in [1.29, 1.82) is 0 Å². The van der Waals surface area contributed by atoms with E-state index in [0.717, 1.165) is 35.1 Å². The Morgan fingerprint density at radius 3 is 2.90 bits per heavy atom. The number of aromatic nitrogens is 1. The van der Waals surface area contributed by atoms with E-state index in [0.29, 0.717) is 6.61 Å². The molecule has 4 nitrogen and oxygen atoms in total. The van der Waals surface area contributed by atoms with E-state index in [4.69, 9.17) is 4.74 Å². The van der Waals surface area contributed by atoms with Gasteiger partial charge < -0.3 is 10.1 Å². The summed E-state index contributed by atoms with van der Waals surface area (Å²) >= 11 is 0. The molecular weight excluding hydrogens is 264 g/mol. The SMILES string of the molecule is CCCCOC(=O)C(C)Nc1ccc2nc(C)ccc2c1. The molecule has 1 aromatic heterocycles. The number of pyridine rings is 1. The number of fused-ring (bicyclic) bond motifs is 1. The van der Waals surface area contributed by atoms with Crippen LogP contribution in [-0.2, 0) is 9.53 Å². The van der Waals surface area contributed by atoms with Crippen molar-refractivity contribution >= 4 is 22.6 Å². The Bertz CT molecular complexity index is 625. The van der Waals surface area contributed by atoms with Gasteiger partial charge in [-0.3, -0.25) is 4.98 Å². The lowest BCUT2D eigenvalue weighted by molar-refractivity contribution is -0.144. The van der Waals surface area contributed by atoms with Crippen molar-refractivity contribution in [2.24, 2.45) is 0 Å². The Morgan fingerprint density at radius 1 is 1.33 bits per heavy atom. The van der Waals surface area contributed by atoms with Gasteiger partial charge in [0.1, 0.15) is 6.04 Å². The molecule has 0 bridgehead atoms. The molecule has 0 saturated heterocycles. The summed E-state index contributed by atoms with van der Waals surface area (Å²) in [5.74, 6) is -0.217. The number of nitrogens with zero attached hydrogens (tertiary/aromatic N) is 1. The lowest BCUT2D eigenvalue weighted by Crippen LogP contribution is -2.28. The van der Waals surface area contributed by atoms with Crippen LogP contribution < -0.4 is 5.32 Å². The Balaban J connectivity index is 2.02. The van der Waals surface area contributed by atoms with Crippen molar-refractivity contribution in [1.82, 2.24) is 4.98 Å². The summed E-state index contributed by atoms with van der Waals surface area (Å²) in [4.78, 5) is 16.3. The molecule has 112 valence electrons. The molecule has 0 aliphatic heterocycles. The molecule has 0 aliphatic rings. The first-order chi connectivity index (χ1) is 10.1. The van der Waals surface area contributed by atoms with Crippen molar-refractivity contribution in [3.63, 3.8) is 0 Å². The second kappa shape index (κ2) is 7.07. The van der Waals surface area contributed by atoms with Gasteiger partial charge in [0, 0.05) is 16.8 Å². The Morgan fingerprint density at radius 2 is 2.14 bits per heavy atom. The van der Waals surface area contributed by atoms with Crippen LogP contribution in [0, 0.1) is 6.92 Å². The number of nitrogens with one attached hydrogen (secondary N) is 1. The molecule has 2 rings (SSSR count). The van der Waals surface area contributed by atoms with Crippen molar-refractivity contribution < 1.29 is 9.53 Å². The van der Waals surface area contributed by atoms with Crippen molar-refractivity contribution in [3.8, 4) is 0 Å². The van der Waals surface area contributed by atoms with E-state index >= 15 is 0 Å². The normalized spacial score (nSPS) is 12.1. The molecular formula is C17H22N2O2. The summed E-state index contributed by atoms with van der Waals surface area (Å²) in [5.41, 5.74) is 2.85. The maximum Gasteiger partial charge on any atom is 0.328 e. The number of benzene rings is 1. The zero-order valence-corrected chi connectivity index (χ0v) is 12.8. The van der Waals surface area contributed by atoms with E-state index in [1.807, 2.05) is 44.2 Å². The van der Waals surface area contributed by atoms with Crippen molar-refractivity contribution in [2.45, 2.75) is 39.7 Å². The van der Waals surface area contributed by atoms with Crippen LogP contribution in [0.2, 0.25) is 0 Å². The largest absolute Gasteiger partial charge is 0.464 e. The Hall–Kier alpha value is -2.10. The average Bonchev–Trinajstić information content (AvgIpc) is 2.47. The number of hydrogen-bond donors (Lipinski definition) is 1. The number of unbranched alkanes of at least 4 members (excludes halogenated alkanes) is 1. The topological polar surface area (TPSA) is 51.2 Å². The second-order valence-corrected chi connectivity index (χ2v) is 5.25. The molecule has 2 aromatic rings. The van der Waals surface area contributed by atoms with Crippen molar-refractivity contribution in [2.75, 3.05) is 11.9 Å². The van der Waals surface area contributed by atoms with Crippen LogP contribution in [0.4, 0.5) is 5.69 Å². The van der Waals surface area contributed by atoms with E-state index in [1.165, 1.54) is 0 Å². The zero-order chi connectivity index (χ0) is 15.2. The third-order valence-corrected chi connectivity index (χ3v) is 3.31. The number of aryl methyl sites for hydroxylation is 1. The number of rotatable bonds is 6. The molecule has 0 saturated carbocycles. The van der Waals surface area contributed by atoms with Crippen molar-refractivity contribution in [3.05, 3.63) is 36.0 Å². The average molecular weight is 286 g/mol. The molecule has 1 heterocycles. The number of esters is 1. The monoisotopic (exact) mass is 286 g/mol. The van der Waals surface area contributed by atoms with Gasteiger partial charge in [0.15, 0.2) is 0 Å². The number of anilines is 1. The smallest absolute Gasteiger partial charge is 0.328 e. The van der Waals surface area contributed by atoms with Crippen LogP contribution in [0.1, 0.15) is 32.4 Å². The highest BCUT2D eigenvalue weighted by Gasteiger charge is 2.14. The van der Waals surface area contributed by atoms with Crippen LogP contribution in [0.25, 0.3) is 10.9 Å². The van der Waals surface area contributed by atoms with E-state index in [2.05, 4.69) is 17.2 Å². The van der Waals surface area contributed by atoms with Gasteiger partial charge >= 0.3 is 5.97 Å². The third-order valence-electron chi connectivity index (χ3n) is 3.31. The fourth-order valence-electron chi connectivity index (χ4n) is 2.07. The molecule has 0 aliphatic carbocycles. The molecule has 4 heteroatoms. The molecule has 1 aromatic carbocycles. The number of carbonyl (C=O) groups is 1. The molecule has 21 heavy (non-hydrogen) atoms. The minimum Gasteiger partial charge on any atom is -0.464 e. The maximum absolute atomic E-state index is 11.8. The predicted molar refractivity (Wildman–Crippen MR) is 85.4 cm³/mol. The second-order valence-electron chi connectivity index (χ2n) is 5.25. The lowest BCUT2D eigenvalue weighted by Gasteiger charge is -2.15. The van der Waals surface area contributed by atoms with Gasteiger partial charge in [0.2, 0.25) is 0 Å². The summed E-state index contributed by atoms with van der Waals surface area (Å²) in [6.07, 6.45) is 1.92. The zero-order valence-electron chi connectivity index (χ0n) is 12.8. The first-order valence-corrected chi connectivity index (χ1v) is 7.40. The first kappa shape index (κ1) is 15.3. The van der Waals surface area contributed by atoms with E-state index in [1.54, 1.807) is 0 Å². The fourth-order valence-corrected chi connectivity index (χ4v) is 2.07. The van der Waals surface area contributed by atoms with Gasteiger partial charge in [-0.25, -0.2) is 4.79 Å². The van der Waals surface area contributed by atoms with Crippen LogP contribution in [0.3, 0.4) is 0 Å². The predicted octanol–water partition coefficient (Wildman–Crippen LogP) is 3.69. The lowest BCUT2D eigenvalue weighted by atomic mass is 10.1. The quantitative estimate of drug-likeness (QED) is 0.650. The fraction of sp³-hybridized carbons (Fsp3) is 0.412. The van der Waals surface area contributed by atoms with E-state index in [-0.39, 0.29) is 12.0 Å². The van der Waals surface area contributed by atoms with Crippen LogP contribution >= 0.6 is 0 Å². The van der Waals surface area contributed by atoms with Gasteiger partial charge in [-0.15, -0.1) is 0 Å². The molecule has 1 atom stereocenters. The first-order valence-electron chi connectivity index (χ1n) is 7.40. The van der Waals surface area contributed by atoms with Gasteiger partial charge in [0.25, 0.3) is 0 Å². The van der Waals surface area contributed by atoms with Crippen LogP contribution in [0.15, 0.2) is 30.3 Å². The molecule has 0 amide bonds. The minimum absolute atomic E-state index is 0.217. The molecule has 0 radical (unpaired) electrons. The van der Waals surface area contributed by atoms with Crippen LogP contribution in [0.5, 0.6) is 0 Å². The standard InChI is InChI=1S/C17H22N2O2/c1-4-5-10-21-17(20)13(3)19-15-8-9-16-14(11-15)7-6-12(2)18-16/h6-9,11,13,19H,4-5,10H2,1-3H3. The summed E-state index contributed by atoms with van der Waals surface area (Å²) in [7, 11) is 0. The minimum atomic E-state index is -0.363. The summed E-state index contributed by atoms with van der Waals surface area (Å²) in [6.45, 7) is 6.34. The molecule has 1 unspecified atom stereocenters. The maximum atomic E-state index is 11.8. The summed E-state index contributed by atoms with van der Waals surface area (Å²) in [5, 5.41) is 4.23. The highest BCUT2D eigenvalue weighted by atomic mass is 16.5. The van der Waals surface area contributed by atoms with Gasteiger partial charge in [-0.1, -0.05) is 19.4 Å². The Kier molecular flexibility index (Phi) is 5.14. The third kappa shape index (κ3) is 4.18. The van der Waals surface area contributed by atoms with Crippen LogP contribution in [-0.4, -0.2) is 23.6 Å². The molecule has 1 N–H and O–H groups in total. The number of carbonyl (C=O) groups excluding carboxylic acids is 1. The Labute approximate surface area is 125 Å². The summed E-state index contributed by atoms with van der Waals surface area (Å²) in [6, 6.07) is 9.54. The number of hydrogen-bond acceptors (Lipinski definition) is 4. The highest BCUT2D eigenvalue weighted by molar-refractivity contribution is 5.84.